The Labute approximate surface area is 118 Å². The Morgan fingerprint density at radius 2 is 2.00 bits per heavy atom. The molecule has 0 spiro atoms. The zero-order valence-electron chi connectivity index (χ0n) is 12.1. The van der Waals surface area contributed by atoms with E-state index in [9.17, 15) is 13.2 Å². The van der Waals surface area contributed by atoms with Crippen molar-refractivity contribution >= 4 is 5.69 Å². The van der Waals surface area contributed by atoms with E-state index in [2.05, 4.69) is 19.2 Å². The number of rotatable bonds is 3. The number of benzene rings is 1. The van der Waals surface area contributed by atoms with Gasteiger partial charge in [0.2, 0.25) is 0 Å². The summed E-state index contributed by atoms with van der Waals surface area (Å²) in [6, 6.07) is 2.57. The summed E-state index contributed by atoms with van der Waals surface area (Å²) >= 11 is 0. The van der Waals surface area contributed by atoms with Crippen molar-refractivity contribution in [1.82, 2.24) is 5.32 Å². The van der Waals surface area contributed by atoms with Gasteiger partial charge in [0.25, 0.3) is 0 Å². The second kappa shape index (κ2) is 6.04. The predicted octanol–water partition coefficient (Wildman–Crippen LogP) is 3.32. The Hall–Kier alpha value is -1.23. The number of nitrogens with one attached hydrogen (secondary N) is 1. The number of nitrogens with zero attached hydrogens (tertiary/aromatic N) is 1. The molecule has 3 atom stereocenters. The Bertz CT molecular complexity index is 478. The van der Waals surface area contributed by atoms with Crippen molar-refractivity contribution in [2.45, 2.75) is 39.3 Å². The SMILES string of the molecule is CCC(C)C1CN(c2ccc(F)c(F)c2F)C(C)CN1. The highest BCUT2D eigenvalue weighted by molar-refractivity contribution is 5.50. The lowest BCUT2D eigenvalue weighted by atomic mass is 9.95. The topological polar surface area (TPSA) is 15.3 Å². The summed E-state index contributed by atoms with van der Waals surface area (Å²) in [5.74, 6) is -3.19. The molecule has 1 aromatic carbocycles. The van der Waals surface area contributed by atoms with Gasteiger partial charge >= 0.3 is 0 Å². The number of hydrogen-bond donors (Lipinski definition) is 1. The zero-order valence-corrected chi connectivity index (χ0v) is 12.1. The minimum atomic E-state index is -1.40. The molecule has 1 aromatic rings. The Morgan fingerprint density at radius 3 is 2.65 bits per heavy atom. The summed E-state index contributed by atoms with van der Waals surface area (Å²) in [5, 5.41) is 3.43. The maximum Gasteiger partial charge on any atom is 0.196 e. The highest BCUT2D eigenvalue weighted by Crippen LogP contribution is 2.28. The van der Waals surface area contributed by atoms with Crippen molar-refractivity contribution in [1.29, 1.82) is 0 Å². The minimum Gasteiger partial charge on any atom is -0.364 e. The van der Waals surface area contributed by atoms with Crippen molar-refractivity contribution in [3.05, 3.63) is 29.6 Å². The van der Waals surface area contributed by atoms with E-state index < -0.39 is 17.5 Å². The van der Waals surface area contributed by atoms with Crippen LogP contribution in [0.5, 0.6) is 0 Å². The number of hydrogen-bond acceptors (Lipinski definition) is 2. The van der Waals surface area contributed by atoms with E-state index in [4.69, 9.17) is 0 Å². The van der Waals surface area contributed by atoms with Gasteiger partial charge < -0.3 is 10.2 Å². The minimum absolute atomic E-state index is 0.0367. The third-order valence-electron chi connectivity index (χ3n) is 4.26. The van der Waals surface area contributed by atoms with Crippen LogP contribution >= 0.6 is 0 Å². The smallest absolute Gasteiger partial charge is 0.196 e. The monoisotopic (exact) mass is 286 g/mol. The van der Waals surface area contributed by atoms with E-state index in [1.165, 1.54) is 6.07 Å². The average Bonchev–Trinajstić information content (AvgIpc) is 2.45. The van der Waals surface area contributed by atoms with Gasteiger partial charge in [0.15, 0.2) is 17.5 Å². The summed E-state index contributed by atoms with van der Waals surface area (Å²) in [6.07, 6.45) is 1.01. The van der Waals surface area contributed by atoms with Crippen LogP contribution in [0.3, 0.4) is 0 Å². The molecule has 1 aliphatic rings. The van der Waals surface area contributed by atoms with E-state index in [0.29, 0.717) is 19.0 Å². The van der Waals surface area contributed by atoms with Crippen LogP contribution in [-0.2, 0) is 0 Å². The second-order valence-corrected chi connectivity index (χ2v) is 5.60. The normalized spacial score (nSPS) is 24.8. The van der Waals surface area contributed by atoms with E-state index in [-0.39, 0.29) is 17.8 Å². The summed E-state index contributed by atoms with van der Waals surface area (Å²) in [6.45, 7) is 7.48. The van der Waals surface area contributed by atoms with Gasteiger partial charge in [0, 0.05) is 25.2 Å². The van der Waals surface area contributed by atoms with Crippen LogP contribution in [-0.4, -0.2) is 25.2 Å². The van der Waals surface area contributed by atoms with Crippen LogP contribution in [0.15, 0.2) is 12.1 Å². The molecule has 5 heteroatoms. The van der Waals surface area contributed by atoms with Gasteiger partial charge in [-0.3, -0.25) is 0 Å². The van der Waals surface area contributed by atoms with Gasteiger partial charge in [-0.2, -0.15) is 0 Å². The molecule has 20 heavy (non-hydrogen) atoms. The molecule has 112 valence electrons. The van der Waals surface area contributed by atoms with Crippen LogP contribution in [0.4, 0.5) is 18.9 Å². The van der Waals surface area contributed by atoms with Gasteiger partial charge in [-0.05, 0) is 25.0 Å². The molecule has 2 rings (SSSR count). The van der Waals surface area contributed by atoms with Gasteiger partial charge in [-0.1, -0.05) is 20.3 Å². The highest BCUT2D eigenvalue weighted by Gasteiger charge is 2.30. The summed E-state index contributed by atoms with van der Waals surface area (Å²) in [7, 11) is 0. The standard InChI is InChI=1S/C15H21F3N2/c1-4-9(2)12-8-20(10(3)7-19-12)13-6-5-11(16)14(17)15(13)18/h5-6,9-10,12,19H,4,7-8H2,1-3H3. The number of anilines is 1. The van der Waals surface area contributed by atoms with Crippen LogP contribution in [0.2, 0.25) is 0 Å². The molecule has 0 bridgehead atoms. The average molecular weight is 286 g/mol. The van der Waals surface area contributed by atoms with Crippen molar-refractivity contribution in [3.8, 4) is 0 Å². The fourth-order valence-electron chi connectivity index (χ4n) is 2.63. The second-order valence-electron chi connectivity index (χ2n) is 5.60. The molecule has 1 N–H and O–H groups in total. The first-order chi connectivity index (χ1) is 9.45. The van der Waals surface area contributed by atoms with E-state index in [1.807, 2.05) is 11.8 Å². The van der Waals surface area contributed by atoms with Gasteiger partial charge in [-0.25, -0.2) is 13.2 Å². The van der Waals surface area contributed by atoms with E-state index >= 15 is 0 Å². The first-order valence-corrected chi connectivity index (χ1v) is 7.09. The largest absolute Gasteiger partial charge is 0.364 e. The molecule has 0 radical (unpaired) electrons. The summed E-state index contributed by atoms with van der Waals surface area (Å²) < 4.78 is 40.4. The highest BCUT2D eigenvalue weighted by atomic mass is 19.2. The molecular formula is C15H21F3N2. The lowest BCUT2D eigenvalue weighted by molar-refractivity contribution is 0.313. The number of halogens is 3. The van der Waals surface area contributed by atoms with Crippen molar-refractivity contribution < 1.29 is 13.2 Å². The van der Waals surface area contributed by atoms with Crippen molar-refractivity contribution in [2.24, 2.45) is 5.92 Å². The van der Waals surface area contributed by atoms with E-state index in [0.717, 1.165) is 12.5 Å². The molecule has 0 aliphatic carbocycles. The fraction of sp³-hybridized carbons (Fsp3) is 0.600. The van der Waals surface area contributed by atoms with E-state index in [1.54, 1.807) is 0 Å². The van der Waals surface area contributed by atoms with Crippen LogP contribution in [0.1, 0.15) is 27.2 Å². The summed E-state index contributed by atoms with van der Waals surface area (Å²) in [5.41, 5.74) is 0.145. The van der Waals surface area contributed by atoms with Gasteiger partial charge in [0.1, 0.15) is 0 Å². The van der Waals surface area contributed by atoms with Gasteiger partial charge in [-0.15, -0.1) is 0 Å². The molecule has 1 fully saturated rings. The van der Waals surface area contributed by atoms with Gasteiger partial charge in [0.05, 0.1) is 5.69 Å². The third kappa shape index (κ3) is 2.77. The zero-order chi connectivity index (χ0) is 14.9. The molecule has 0 saturated carbocycles. The quantitative estimate of drug-likeness (QED) is 0.858. The molecule has 3 unspecified atom stereocenters. The molecule has 2 nitrogen and oxygen atoms in total. The Morgan fingerprint density at radius 1 is 1.30 bits per heavy atom. The predicted molar refractivity (Wildman–Crippen MR) is 74.4 cm³/mol. The number of piperazine rings is 1. The Kier molecular flexibility index (Phi) is 4.58. The third-order valence-corrected chi connectivity index (χ3v) is 4.26. The maximum atomic E-state index is 14.0. The van der Waals surface area contributed by atoms with Crippen LogP contribution < -0.4 is 10.2 Å². The molecular weight excluding hydrogens is 265 g/mol. The molecule has 0 aromatic heterocycles. The van der Waals surface area contributed by atoms with Crippen molar-refractivity contribution in [2.75, 3.05) is 18.0 Å². The molecule has 1 saturated heterocycles. The maximum absolute atomic E-state index is 14.0. The summed E-state index contributed by atoms with van der Waals surface area (Å²) in [4.78, 5) is 1.82. The van der Waals surface area contributed by atoms with Crippen LogP contribution in [0.25, 0.3) is 0 Å². The fourth-order valence-corrected chi connectivity index (χ4v) is 2.63. The molecule has 1 heterocycles. The first-order valence-electron chi connectivity index (χ1n) is 7.09. The first kappa shape index (κ1) is 15.2. The molecule has 1 aliphatic heterocycles. The van der Waals surface area contributed by atoms with Crippen LogP contribution in [0, 0.1) is 23.4 Å². The lowest BCUT2D eigenvalue weighted by Crippen LogP contribution is -2.57. The Balaban J connectivity index is 2.28. The molecule has 0 amide bonds. The lowest BCUT2D eigenvalue weighted by Gasteiger charge is -2.42. The van der Waals surface area contributed by atoms with Crippen molar-refractivity contribution in [3.63, 3.8) is 0 Å².